The Morgan fingerprint density at radius 2 is 1.67 bits per heavy atom. The standard InChI is InChI=1S/C16H16F3NO/c1-10(2)21-15-6-4-3-5-11(15)9-20-12-7-13(17)16(19)14(18)8-12/h3-8,10,20H,9H2,1-2H3. The van der Waals surface area contributed by atoms with Crippen LogP contribution >= 0.6 is 0 Å². The molecule has 0 bridgehead atoms. The van der Waals surface area contributed by atoms with E-state index in [2.05, 4.69) is 5.32 Å². The molecule has 112 valence electrons. The number of hydrogen-bond acceptors (Lipinski definition) is 2. The third-order valence-electron chi connectivity index (χ3n) is 2.80. The molecule has 0 aliphatic carbocycles. The van der Waals surface area contributed by atoms with E-state index < -0.39 is 17.5 Å². The highest BCUT2D eigenvalue weighted by Crippen LogP contribution is 2.22. The Labute approximate surface area is 121 Å². The first kappa shape index (κ1) is 15.2. The SMILES string of the molecule is CC(C)Oc1ccccc1CNc1cc(F)c(F)c(F)c1. The van der Waals surface area contributed by atoms with Gasteiger partial charge >= 0.3 is 0 Å². The molecular formula is C16H16F3NO. The lowest BCUT2D eigenvalue weighted by molar-refractivity contribution is 0.240. The Bertz CT molecular complexity index is 606. The fraction of sp³-hybridized carbons (Fsp3) is 0.250. The van der Waals surface area contributed by atoms with E-state index in [4.69, 9.17) is 4.74 Å². The molecular weight excluding hydrogens is 279 g/mol. The van der Waals surface area contributed by atoms with Crippen LogP contribution in [0.5, 0.6) is 5.75 Å². The zero-order chi connectivity index (χ0) is 15.4. The van der Waals surface area contributed by atoms with Gasteiger partial charge in [-0.1, -0.05) is 18.2 Å². The Morgan fingerprint density at radius 1 is 1.05 bits per heavy atom. The maximum absolute atomic E-state index is 13.1. The van der Waals surface area contributed by atoms with Crippen molar-refractivity contribution in [3.05, 3.63) is 59.4 Å². The first-order valence-electron chi connectivity index (χ1n) is 6.60. The zero-order valence-electron chi connectivity index (χ0n) is 11.8. The third-order valence-corrected chi connectivity index (χ3v) is 2.80. The van der Waals surface area contributed by atoms with Gasteiger partial charge in [0.15, 0.2) is 17.5 Å². The molecule has 0 atom stereocenters. The molecule has 1 N–H and O–H groups in total. The maximum atomic E-state index is 13.1. The van der Waals surface area contributed by atoms with Gasteiger partial charge in [-0.2, -0.15) is 0 Å². The van der Waals surface area contributed by atoms with Gasteiger partial charge in [-0.3, -0.25) is 0 Å². The number of halogens is 3. The highest BCUT2D eigenvalue weighted by molar-refractivity contribution is 5.46. The van der Waals surface area contributed by atoms with E-state index in [9.17, 15) is 13.2 Å². The maximum Gasteiger partial charge on any atom is 0.194 e. The van der Waals surface area contributed by atoms with Crippen LogP contribution in [0, 0.1) is 17.5 Å². The molecule has 0 amide bonds. The van der Waals surface area contributed by atoms with Crippen LogP contribution in [-0.4, -0.2) is 6.10 Å². The monoisotopic (exact) mass is 295 g/mol. The van der Waals surface area contributed by atoms with E-state index in [-0.39, 0.29) is 11.8 Å². The van der Waals surface area contributed by atoms with E-state index in [1.54, 1.807) is 0 Å². The number of nitrogens with one attached hydrogen (secondary N) is 1. The molecule has 0 radical (unpaired) electrons. The van der Waals surface area contributed by atoms with Gasteiger partial charge in [0.2, 0.25) is 0 Å². The van der Waals surface area contributed by atoms with Crippen LogP contribution < -0.4 is 10.1 Å². The molecule has 2 aromatic rings. The highest BCUT2D eigenvalue weighted by Gasteiger charge is 2.11. The Hall–Kier alpha value is -2.17. The van der Waals surface area contributed by atoms with Gasteiger partial charge in [-0.25, -0.2) is 13.2 Å². The number of anilines is 1. The minimum atomic E-state index is -1.47. The largest absolute Gasteiger partial charge is 0.491 e. The van der Waals surface area contributed by atoms with Crippen LogP contribution in [0.15, 0.2) is 36.4 Å². The van der Waals surface area contributed by atoms with Crippen molar-refractivity contribution >= 4 is 5.69 Å². The fourth-order valence-corrected chi connectivity index (χ4v) is 1.87. The molecule has 0 spiro atoms. The summed E-state index contributed by atoms with van der Waals surface area (Å²) in [7, 11) is 0. The average Bonchev–Trinajstić information content (AvgIpc) is 2.43. The molecule has 0 heterocycles. The lowest BCUT2D eigenvalue weighted by atomic mass is 10.2. The smallest absolute Gasteiger partial charge is 0.194 e. The van der Waals surface area contributed by atoms with Crippen molar-refractivity contribution in [1.29, 1.82) is 0 Å². The molecule has 0 fully saturated rings. The van der Waals surface area contributed by atoms with Crippen molar-refractivity contribution < 1.29 is 17.9 Å². The minimum absolute atomic E-state index is 0.0202. The van der Waals surface area contributed by atoms with Gasteiger partial charge in [0.25, 0.3) is 0 Å². The Balaban J connectivity index is 2.13. The third kappa shape index (κ3) is 3.90. The van der Waals surface area contributed by atoms with Crippen LogP contribution in [0.25, 0.3) is 0 Å². The summed E-state index contributed by atoms with van der Waals surface area (Å²) >= 11 is 0. The second-order valence-corrected chi connectivity index (χ2v) is 4.88. The fourth-order valence-electron chi connectivity index (χ4n) is 1.87. The molecule has 2 nitrogen and oxygen atoms in total. The molecule has 21 heavy (non-hydrogen) atoms. The topological polar surface area (TPSA) is 21.3 Å². The van der Waals surface area contributed by atoms with Crippen LogP contribution in [0.4, 0.5) is 18.9 Å². The summed E-state index contributed by atoms with van der Waals surface area (Å²) in [5.74, 6) is -3.21. The number of hydrogen-bond donors (Lipinski definition) is 1. The van der Waals surface area contributed by atoms with Crippen molar-refractivity contribution in [1.82, 2.24) is 0 Å². The van der Waals surface area contributed by atoms with Crippen molar-refractivity contribution in [3.63, 3.8) is 0 Å². The molecule has 0 aliphatic heterocycles. The predicted molar refractivity (Wildman–Crippen MR) is 75.8 cm³/mol. The first-order chi connectivity index (χ1) is 9.97. The second kappa shape index (κ2) is 6.52. The quantitative estimate of drug-likeness (QED) is 0.820. The van der Waals surface area contributed by atoms with Gasteiger partial charge in [-0.05, 0) is 19.9 Å². The minimum Gasteiger partial charge on any atom is -0.491 e. The normalized spacial score (nSPS) is 10.8. The Kier molecular flexibility index (Phi) is 4.73. The van der Waals surface area contributed by atoms with Crippen LogP contribution in [0.1, 0.15) is 19.4 Å². The van der Waals surface area contributed by atoms with Crippen LogP contribution in [0.3, 0.4) is 0 Å². The lowest BCUT2D eigenvalue weighted by Gasteiger charge is -2.15. The molecule has 0 aliphatic rings. The Morgan fingerprint density at radius 3 is 2.29 bits per heavy atom. The molecule has 0 saturated heterocycles. The molecule has 2 rings (SSSR count). The van der Waals surface area contributed by atoms with E-state index in [1.807, 2.05) is 38.1 Å². The molecule has 0 aromatic heterocycles. The van der Waals surface area contributed by atoms with Gasteiger partial charge in [-0.15, -0.1) is 0 Å². The summed E-state index contributed by atoms with van der Waals surface area (Å²) in [5.41, 5.74) is 1.02. The van der Waals surface area contributed by atoms with Gasteiger partial charge in [0, 0.05) is 29.9 Å². The van der Waals surface area contributed by atoms with E-state index in [0.717, 1.165) is 17.7 Å². The molecule has 5 heteroatoms. The van der Waals surface area contributed by atoms with Crippen LogP contribution in [-0.2, 0) is 6.54 Å². The lowest BCUT2D eigenvalue weighted by Crippen LogP contribution is -2.09. The summed E-state index contributed by atoms with van der Waals surface area (Å²) in [6.45, 7) is 4.14. The summed E-state index contributed by atoms with van der Waals surface area (Å²) in [4.78, 5) is 0. The van der Waals surface area contributed by atoms with E-state index >= 15 is 0 Å². The highest BCUT2D eigenvalue weighted by atomic mass is 19.2. The van der Waals surface area contributed by atoms with Crippen molar-refractivity contribution in [2.45, 2.75) is 26.5 Å². The molecule has 0 saturated carbocycles. The van der Waals surface area contributed by atoms with E-state index in [1.165, 1.54) is 0 Å². The van der Waals surface area contributed by atoms with Gasteiger partial charge < -0.3 is 10.1 Å². The van der Waals surface area contributed by atoms with Crippen molar-refractivity contribution in [2.24, 2.45) is 0 Å². The van der Waals surface area contributed by atoms with Crippen molar-refractivity contribution in [2.75, 3.05) is 5.32 Å². The van der Waals surface area contributed by atoms with Crippen molar-refractivity contribution in [3.8, 4) is 5.75 Å². The summed E-state index contributed by atoms with van der Waals surface area (Å²) in [6.07, 6.45) is 0.0202. The number of rotatable bonds is 5. The van der Waals surface area contributed by atoms with Crippen LogP contribution in [0.2, 0.25) is 0 Å². The van der Waals surface area contributed by atoms with Gasteiger partial charge in [0.1, 0.15) is 5.75 Å². The van der Waals surface area contributed by atoms with E-state index in [0.29, 0.717) is 12.3 Å². The molecule has 2 aromatic carbocycles. The van der Waals surface area contributed by atoms with Gasteiger partial charge in [0.05, 0.1) is 6.10 Å². The summed E-state index contributed by atoms with van der Waals surface area (Å²) < 4.78 is 44.8. The summed E-state index contributed by atoms with van der Waals surface area (Å²) in [6, 6.07) is 9.20. The molecule has 0 unspecified atom stereocenters. The zero-order valence-corrected chi connectivity index (χ0v) is 11.8. The summed E-state index contributed by atoms with van der Waals surface area (Å²) in [5, 5.41) is 2.86. The first-order valence-corrected chi connectivity index (χ1v) is 6.60. The predicted octanol–water partition coefficient (Wildman–Crippen LogP) is 4.50. The number of benzene rings is 2. The number of para-hydroxylation sites is 1. The second-order valence-electron chi connectivity index (χ2n) is 4.88. The average molecular weight is 295 g/mol. The number of ether oxygens (including phenoxy) is 1.